The van der Waals surface area contributed by atoms with Crippen LogP contribution in [0.5, 0.6) is 11.5 Å². The predicted molar refractivity (Wildman–Crippen MR) is 74.8 cm³/mol. The van der Waals surface area contributed by atoms with Crippen molar-refractivity contribution in [2.24, 2.45) is 0 Å². The van der Waals surface area contributed by atoms with Gasteiger partial charge in [-0.05, 0) is 25.1 Å². The number of unbranched alkanes of at least 4 members (excludes halogenated alkanes) is 2. The maximum absolute atomic E-state index is 10.1. The van der Waals surface area contributed by atoms with Crippen LogP contribution in [-0.4, -0.2) is 37.0 Å². The fraction of sp³-hybridized carbons (Fsp3) is 0.600. The minimum atomic E-state index is -0.546. The van der Waals surface area contributed by atoms with Crippen molar-refractivity contribution in [2.45, 2.75) is 38.4 Å². The number of hydrogen-bond donors (Lipinski definition) is 2. The van der Waals surface area contributed by atoms with Gasteiger partial charge in [-0.15, -0.1) is 0 Å². The van der Waals surface area contributed by atoms with E-state index in [1.807, 2.05) is 24.3 Å². The third-order valence-electron chi connectivity index (χ3n) is 3.27. The molecule has 2 unspecified atom stereocenters. The summed E-state index contributed by atoms with van der Waals surface area (Å²) in [5.74, 6) is 1.46. The van der Waals surface area contributed by atoms with Gasteiger partial charge in [0, 0.05) is 6.54 Å². The molecule has 0 bridgehead atoms. The maximum atomic E-state index is 10.1. The van der Waals surface area contributed by atoms with Gasteiger partial charge in [0.2, 0.25) is 0 Å². The second-order valence-electron chi connectivity index (χ2n) is 4.89. The molecule has 0 saturated carbocycles. The summed E-state index contributed by atoms with van der Waals surface area (Å²) in [6, 6.07) is 7.55. The van der Waals surface area contributed by atoms with Gasteiger partial charge in [0.15, 0.2) is 17.6 Å². The van der Waals surface area contributed by atoms with Gasteiger partial charge in [0.25, 0.3) is 0 Å². The van der Waals surface area contributed by atoms with E-state index in [2.05, 4.69) is 12.2 Å². The van der Waals surface area contributed by atoms with E-state index >= 15 is 0 Å². The molecule has 4 heteroatoms. The number of hydrogen-bond acceptors (Lipinski definition) is 4. The Bertz CT molecular complexity index is 383. The highest BCUT2D eigenvalue weighted by molar-refractivity contribution is 5.40. The number of rotatable bonds is 7. The van der Waals surface area contributed by atoms with Gasteiger partial charge in [-0.25, -0.2) is 0 Å². The third kappa shape index (κ3) is 4.11. The van der Waals surface area contributed by atoms with Gasteiger partial charge >= 0.3 is 0 Å². The lowest BCUT2D eigenvalue weighted by Crippen LogP contribution is -2.45. The minimum Gasteiger partial charge on any atom is -0.486 e. The zero-order valence-corrected chi connectivity index (χ0v) is 11.5. The van der Waals surface area contributed by atoms with Crippen LogP contribution in [0.4, 0.5) is 0 Å². The van der Waals surface area contributed by atoms with Crippen LogP contribution in [0.25, 0.3) is 0 Å². The lowest BCUT2D eigenvalue weighted by atomic mass is 10.2. The summed E-state index contributed by atoms with van der Waals surface area (Å²) >= 11 is 0. The van der Waals surface area contributed by atoms with E-state index in [-0.39, 0.29) is 6.10 Å². The van der Waals surface area contributed by atoms with E-state index < -0.39 is 6.10 Å². The summed E-state index contributed by atoms with van der Waals surface area (Å²) in [5, 5.41) is 13.3. The smallest absolute Gasteiger partial charge is 0.161 e. The average molecular weight is 265 g/mol. The van der Waals surface area contributed by atoms with Gasteiger partial charge in [-0.2, -0.15) is 0 Å². The number of ether oxygens (including phenoxy) is 2. The highest BCUT2D eigenvalue weighted by Gasteiger charge is 2.26. The quantitative estimate of drug-likeness (QED) is 0.740. The lowest BCUT2D eigenvalue weighted by Gasteiger charge is -2.29. The molecule has 0 spiro atoms. The molecule has 0 radical (unpaired) electrons. The van der Waals surface area contributed by atoms with Crippen LogP contribution in [0.1, 0.15) is 26.2 Å². The Morgan fingerprint density at radius 1 is 1.32 bits per heavy atom. The van der Waals surface area contributed by atoms with Crippen molar-refractivity contribution in [3.8, 4) is 11.5 Å². The Morgan fingerprint density at radius 3 is 2.89 bits per heavy atom. The van der Waals surface area contributed by atoms with Crippen LogP contribution in [0.2, 0.25) is 0 Å². The molecular formula is C15H23NO3. The van der Waals surface area contributed by atoms with Gasteiger partial charge in [-0.1, -0.05) is 31.9 Å². The molecular weight excluding hydrogens is 242 g/mol. The van der Waals surface area contributed by atoms with Crippen molar-refractivity contribution in [3.63, 3.8) is 0 Å². The topological polar surface area (TPSA) is 50.7 Å². The number of benzene rings is 1. The molecule has 2 rings (SSSR count). The van der Waals surface area contributed by atoms with E-state index in [0.29, 0.717) is 18.9 Å². The largest absolute Gasteiger partial charge is 0.486 e. The molecule has 0 saturated heterocycles. The summed E-state index contributed by atoms with van der Waals surface area (Å²) < 4.78 is 11.3. The van der Waals surface area contributed by atoms with E-state index in [0.717, 1.165) is 18.7 Å². The van der Waals surface area contributed by atoms with Crippen molar-refractivity contribution >= 4 is 0 Å². The molecule has 1 aromatic carbocycles. The lowest BCUT2D eigenvalue weighted by molar-refractivity contribution is -0.00899. The standard InChI is InChI=1S/C15H23NO3/c1-2-3-6-9-16-10-12(17)15-11-18-13-7-4-5-8-14(13)19-15/h4-5,7-8,12,15-17H,2-3,6,9-11H2,1H3. The molecule has 2 N–H and O–H groups in total. The monoisotopic (exact) mass is 265 g/mol. The van der Waals surface area contributed by atoms with E-state index in [4.69, 9.17) is 9.47 Å². The summed E-state index contributed by atoms with van der Waals surface area (Å²) in [7, 11) is 0. The number of aliphatic hydroxyl groups is 1. The molecule has 1 heterocycles. The number of nitrogens with one attached hydrogen (secondary N) is 1. The number of fused-ring (bicyclic) bond motifs is 1. The molecule has 1 aliphatic heterocycles. The zero-order chi connectivity index (χ0) is 13.5. The minimum absolute atomic E-state index is 0.298. The van der Waals surface area contributed by atoms with Crippen LogP contribution in [0.15, 0.2) is 24.3 Å². The molecule has 0 fully saturated rings. The molecule has 0 amide bonds. The van der Waals surface area contributed by atoms with Crippen molar-refractivity contribution in [1.29, 1.82) is 0 Å². The van der Waals surface area contributed by atoms with E-state index in [9.17, 15) is 5.11 Å². The predicted octanol–water partition coefficient (Wildman–Crippen LogP) is 1.97. The second-order valence-corrected chi connectivity index (χ2v) is 4.89. The van der Waals surface area contributed by atoms with E-state index in [1.54, 1.807) is 0 Å². The Morgan fingerprint density at radius 2 is 2.11 bits per heavy atom. The van der Waals surface area contributed by atoms with Crippen LogP contribution in [-0.2, 0) is 0 Å². The molecule has 0 aromatic heterocycles. The highest BCUT2D eigenvalue weighted by Crippen LogP contribution is 2.31. The number of para-hydroxylation sites is 2. The first-order valence-electron chi connectivity index (χ1n) is 7.08. The van der Waals surface area contributed by atoms with Crippen molar-refractivity contribution in [3.05, 3.63) is 24.3 Å². The molecule has 1 aromatic rings. The fourth-order valence-electron chi connectivity index (χ4n) is 2.11. The summed E-state index contributed by atoms with van der Waals surface area (Å²) in [6.45, 7) is 4.06. The Kier molecular flexibility index (Phi) is 5.48. The first-order valence-corrected chi connectivity index (χ1v) is 7.08. The Balaban J connectivity index is 1.74. The summed E-state index contributed by atoms with van der Waals surface area (Å²) in [4.78, 5) is 0. The normalized spacial score (nSPS) is 19.2. The second kappa shape index (κ2) is 7.36. The highest BCUT2D eigenvalue weighted by atomic mass is 16.6. The first-order chi connectivity index (χ1) is 9.31. The Hall–Kier alpha value is -1.26. The summed E-state index contributed by atoms with van der Waals surface area (Å²) in [6.07, 6.45) is 2.73. The van der Waals surface area contributed by atoms with Crippen LogP contribution in [0.3, 0.4) is 0 Å². The van der Waals surface area contributed by atoms with Gasteiger partial charge in [0.1, 0.15) is 12.7 Å². The molecule has 4 nitrogen and oxygen atoms in total. The average Bonchev–Trinajstić information content (AvgIpc) is 2.46. The molecule has 19 heavy (non-hydrogen) atoms. The SMILES string of the molecule is CCCCCNCC(O)C1COc2ccccc2O1. The third-order valence-corrected chi connectivity index (χ3v) is 3.27. The van der Waals surface area contributed by atoms with Gasteiger partial charge in [0.05, 0.1) is 0 Å². The van der Waals surface area contributed by atoms with Crippen molar-refractivity contribution in [2.75, 3.05) is 19.7 Å². The van der Waals surface area contributed by atoms with Crippen molar-refractivity contribution in [1.82, 2.24) is 5.32 Å². The molecule has 0 aliphatic carbocycles. The maximum Gasteiger partial charge on any atom is 0.161 e. The van der Waals surface area contributed by atoms with Crippen LogP contribution >= 0.6 is 0 Å². The first kappa shape index (κ1) is 14.2. The molecule has 1 aliphatic rings. The number of aliphatic hydroxyl groups excluding tert-OH is 1. The molecule has 2 atom stereocenters. The Labute approximate surface area is 114 Å². The zero-order valence-electron chi connectivity index (χ0n) is 11.5. The fourth-order valence-corrected chi connectivity index (χ4v) is 2.11. The van der Waals surface area contributed by atoms with Gasteiger partial charge < -0.3 is 19.9 Å². The van der Waals surface area contributed by atoms with Crippen LogP contribution < -0.4 is 14.8 Å². The van der Waals surface area contributed by atoms with Crippen LogP contribution in [0, 0.1) is 0 Å². The molecule has 106 valence electrons. The summed E-state index contributed by atoms with van der Waals surface area (Å²) in [5.41, 5.74) is 0. The van der Waals surface area contributed by atoms with E-state index in [1.165, 1.54) is 12.8 Å². The van der Waals surface area contributed by atoms with Crippen molar-refractivity contribution < 1.29 is 14.6 Å². The van der Waals surface area contributed by atoms with Gasteiger partial charge in [-0.3, -0.25) is 0 Å².